The minimum atomic E-state index is -0.559. The van der Waals surface area contributed by atoms with Crippen LogP contribution in [0.5, 0.6) is 0 Å². The van der Waals surface area contributed by atoms with Gasteiger partial charge in [-0.3, -0.25) is 0 Å². The monoisotopic (exact) mass is 429 g/mol. The van der Waals surface area contributed by atoms with E-state index in [1.807, 2.05) is 26.0 Å². The quantitative estimate of drug-likeness (QED) is 0.461. The molecule has 0 unspecified atom stereocenters. The SMILES string of the molecule is CC(C)(C(=O)On1ccccc1=S)[C@@H]1C[C@H]1[C@@H]1CC1(c1ccccc1)c1ccccc1. The van der Waals surface area contributed by atoms with Crippen molar-refractivity contribution in [3.05, 3.63) is 101 Å². The second-order valence-corrected chi connectivity index (χ2v) is 9.90. The van der Waals surface area contributed by atoms with Crippen molar-refractivity contribution in [3.8, 4) is 0 Å². The average Bonchev–Trinajstić information content (AvgIpc) is 3.69. The minimum Gasteiger partial charge on any atom is -0.335 e. The zero-order chi connectivity index (χ0) is 21.6. The van der Waals surface area contributed by atoms with Crippen molar-refractivity contribution in [3.63, 3.8) is 0 Å². The average molecular weight is 430 g/mol. The van der Waals surface area contributed by atoms with Gasteiger partial charge in [-0.25, -0.2) is 4.79 Å². The summed E-state index contributed by atoms with van der Waals surface area (Å²) in [5.74, 6) is 1.17. The van der Waals surface area contributed by atoms with Crippen LogP contribution in [-0.2, 0) is 10.2 Å². The maximum absolute atomic E-state index is 13.1. The first-order chi connectivity index (χ1) is 14.9. The summed E-state index contributed by atoms with van der Waals surface area (Å²) < 4.78 is 1.89. The number of hydrogen-bond donors (Lipinski definition) is 0. The predicted molar refractivity (Wildman–Crippen MR) is 124 cm³/mol. The van der Waals surface area contributed by atoms with E-state index in [0.29, 0.717) is 22.4 Å². The molecule has 2 aliphatic carbocycles. The number of aromatic nitrogens is 1. The molecule has 4 heteroatoms. The molecule has 2 aromatic carbocycles. The van der Waals surface area contributed by atoms with Crippen LogP contribution in [0.4, 0.5) is 0 Å². The van der Waals surface area contributed by atoms with Crippen LogP contribution in [0.1, 0.15) is 37.8 Å². The van der Waals surface area contributed by atoms with Crippen molar-refractivity contribution >= 4 is 18.2 Å². The molecule has 2 aliphatic rings. The highest BCUT2D eigenvalue weighted by atomic mass is 32.1. The summed E-state index contributed by atoms with van der Waals surface area (Å²) in [6.45, 7) is 4.03. The standard InChI is InChI=1S/C27H27NO2S/c1-26(2,25(29)30-28-16-10-9-15-24(28)31)22-17-21(22)23-18-27(23,19-11-5-3-6-12-19)20-13-7-4-8-14-20/h3-16,21-23H,17-18H2,1-2H3/t21-,22-,23+/m1/s1. The molecule has 31 heavy (non-hydrogen) atoms. The van der Waals surface area contributed by atoms with Gasteiger partial charge in [-0.1, -0.05) is 78.9 Å². The van der Waals surface area contributed by atoms with Crippen molar-refractivity contribution in [1.29, 1.82) is 0 Å². The number of rotatable bonds is 6. The molecule has 2 saturated carbocycles. The van der Waals surface area contributed by atoms with E-state index in [1.54, 1.807) is 12.3 Å². The Balaban J connectivity index is 1.37. The lowest BCUT2D eigenvalue weighted by molar-refractivity contribution is -0.156. The van der Waals surface area contributed by atoms with E-state index in [4.69, 9.17) is 17.1 Å². The number of carbonyl (C=O) groups excluding carboxylic acids is 1. The van der Waals surface area contributed by atoms with Gasteiger partial charge >= 0.3 is 5.97 Å². The third kappa shape index (κ3) is 3.43. The lowest BCUT2D eigenvalue weighted by atomic mass is 9.81. The van der Waals surface area contributed by atoms with Gasteiger partial charge in [0.1, 0.15) is 4.64 Å². The van der Waals surface area contributed by atoms with E-state index in [-0.39, 0.29) is 11.4 Å². The van der Waals surface area contributed by atoms with Crippen LogP contribution in [-0.4, -0.2) is 10.7 Å². The zero-order valence-corrected chi connectivity index (χ0v) is 18.7. The van der Waals surface area contributed by atoms with Gasteiger partial charge in [0.25, 0.3) is 0 Å². The molecule has 0 spiro atoms. The fraction of sp³-hybridized carbons (Fsp3) is 0.333. The molecule has 0 aliphatic heterocycles. The van der Waals surface area contributed by atoms with E-state index in [0.717, 1.165) is 12.8 Å². The van der Waals surface area contributed by atoms with Crippen LogP contribution >= 0.6 is 12.2 Å². The van der Waals surface area contributed by atoms with Crippen molar-refractivity contribution in [2.45, 2.75) is 32.1 Å². The predicted octanol–water partition coefficient (Wildman–Crippen LogP) is 5.84. The topological polar surface area (TPSA) is 31.2 Å². The molecule has 0 bridgehead atoms. The molecule has 0 saturated heterocycles. The Morgan fingerprint density at radius 1 is 0.968 bits per heavy atom. The first-order valence-corrected chi connectivity index (χ1v) is 11.4. The van der Waals surface area contributed by atoms with Gasteiger partial charge in [0.2, 0.25) is 0 Å². The van der Waals surface area contributed by atoms with Crippen LogP contribution in [0.3, 0.4) is 0 Å². The van der Waals surface area contributed by atoms with E-state index >= 15 is 0 Å². The fourth-order valence-electron chi connectivity index (χ4n) is 5.44. The Hall–Kier alpha value is -2.72. The van der Waals surface area contributed by atoms with Crippen LogP contribution in [0.25, 0.3) is 0 Å². The summed E-state index contributed by atoms with van der Waals surface area (Å²) in [7, 11) is 0. The fourth-order valence-corrected chi connectivity index (χ4v) is 5.62. The highest BCUT2D eigenvalue weighted by Crippen LogP contribution is 2.70. The lowest BCUT2D eigenvalue weighted by Gasteiger charge is -2.24. The van der Waals surface area contributed by atoms with Gasteiger partial charge < -0.3 is 4.84 Å². The van der Waals surface area contributed by atoms with Crippen molar-refractivity contribution in [1.82, 2.24) is 4.73 Å². The van der Waals surface area contributed by atoms with Gasteiger partial charge in [-0.15, -0.1) is 0 Å². The van der Waals surface area contributed by atoms with E-state index < -0.39 is 5.41 Å². The Labute approximate surface area is 188 Å². The highest BCUT2D eigenvalue weighted by molar-refractivity contribution is 7.71. The molecule has 3 aromatic rings. The summed E-state index contributed by atoms with van der Waals surface area (Å²) in [5.41, 5.74) is 2.27. The van der Waals surface area contributed by atoms with E-state index in [1.165, 1.54) is 15.9 Å². The van der Waals surface area contributed by atoms with Gasteiger partial charge in [0, 0.05) is 11.6 Å². The smallest absolute Gasteiger partial charge is 0.335 e. The summed E-state index contributed by atoms with van der Waals surface area (Å²) in [6.07, 6.45) is 3.89. The van der Waals surface area contributed by atoms with Crippen LogP contribution in [0.15, 0.2) is 85.1 Å². The van der Waals surface area contributed by atoms with Crippen molar-refractivity contribution in [2.24, 2.45) is 23.2 Å². The van der Waals surface area contributed by atoms with Crippen molar-refractivity contribution in [2.75, 3.05) is 0 Å². The normalized spacial score (nSPS) is 23.7. The first-order valence-electron chi connectivity index (χ1n) is 11.0. The van der Waals surface area contributed by atoms with Crippen molar-refractivity contribution < 1.29 is 9.63 Å². The Morgan fingerprint density at radius 2 is 1.55 bits per heavy atom. The number of benzene rings is 2. The summed E-state index contributed by atoms with van der Waals surface area (Å²) >= 11 is 5.27. The van der Waals surface area contributed by atoms with E-state index in [2.05, 4.69) is 60.7 Å². The van der Waals surface area contributed by atoms with Gasteiger partial charge in [-0.05, 0) is 67.7 Å². The molecule has 1 heterocycles. The number of carbonyl (C=O) groups is 1. The van der Waals surface area contributed by atoms with Gasteiger partial charge in [0.05, 0.1) is 5.41 Å². The molecule has 158 valence electrons. The maximum Gasteiger partial charge on any atom is 0.338 e. The Morgan fingerprint density at radius 3 is 2.13 bits per heavy atom. The summed E-state index contributed by atoms with van der Waals surface area (Å²) in [4.78, 5) is 18.7. The number of pyridine rings is 1. The minimum absolute atomic E-state index is 0.0594. The zero-order valence-electron chi connectivity index (χ0n) is 17.9. The van der Waals surface area contributed by atoms with Crippen LogP contribution < -0.4 is 4.84 Å². The number of hydrogen-bond acceptors (Lipinski definition) is 3. The lowest BCUT2D eigenvalue weighted by Crippen LogP contribution is -2.36. The largest absolute Gasteiger partial charge is 0.338 e. The molecule has 3 atom stereocenters. The van der Waals surface area contributed by atoms with E-state index in [9.17, 15) is 4.79 Å². The summed E-state index contributed by atoms with van der Waals surface area (Å²) in [5, 5.41) is 0. The molecule has 0 radical (unpaired) electrons. The van der Waals surface area contributed by atoms with Gasteiger partial charge in [-0.2, -0.15) is 4.73 Å². The third-order valence-electron chi connectivity index (χ3n) is 7.37. The summed E-state index contributed by atoms with van der Waals surface area (Å²) in [6, 6.07) is 27.1. The van der Waals surface area contributed by atoms with Crippen LogP contribution in [0, 0.1) is 27.8 Å². The molecule has 0 N–H and O–H groups in total. The maximum atomic E-state index is 13.1. The highest BCUT2D eigenvalue weighted by Gasteiger charge is 2.67. The molecular weight excluding hydrogens is 402 g/mol. The molecular formula is C27H27NO2S. The Bertz CT molecular complexity index is 1110. The van der Waals surface area contributed by atoms with Gasteiger partial charge in [0.15, 0.2) is 0 Å². The first kappa shape index (κ1) is 20.2. The molecule has 5 rings (SSSR count). The number of nitrogens with zero attached hydrogens (tertiary/aromatic N) is 1. The third-order valence-corrected chi connectivity index (χ3v) is 7.69. The molecule has 2 fully saturated rings. The molecule has 0 amide bonds. The molecule has 3 nitrogen and oxygen atoms in total. The second-order valence-electron chi connectivity index (χ2n) is 9.49. The second kappa shape index (κ2) is 7.45. The van der Waals surface area contributed by atoms with Crippen LogP contribution in [0.2, 0.25) is 0 Å². The Kier molecular flexibility index (Phi) is 4.86. The molecule has 1 aromatic heterocycles.